The van der Waals surface area contributed by atoms with Gasteiger partial charge in [-0.05, 0) is 37.5 Å². The Balaban J connectivity index is 1.48. The molecule has 2 aromatic carbocycles. The van der Waals surface area contributed by atoms with Crippen LogP contribution in [0, 0.1) is 13.8 Å². The first kappa shape index (κ1) is 22.1. The zero-order chi connectivity index (χ0) is 21.5. The normalized spacial score (nSPS) is 14.8. The van der Waals surface area contributed by atoms with Gasteiger partial charge < -0.3 is 15.0 Å². The number of amides is 2. The summed E-state index contributed by atoms with van der Waals surface area (Å²) in [5.74, 6) is -0.0397. The number of rotatable bonds is 5. The predicted octanol–water partition coefficient (Wildman–Crippen LogP) is 4.24. The molecule has 0 spiro atoms. The SMILES string of the molecule is Cc1cccc(C)c1NC(=O)CN1CCCN(C(=O)OCc2ccccc2Cl)CC1. The number of para-hydroxylation sites is 1. The predicted molar refractivity (Wildman–Crippen MR) is 119 cm³/mol. The molecule has 7 heteroatoms. The van der Waals surface area contributed by atoms with E-state index in [9.17, 15) is 9.59 Å². The number of nitrogens with one attached hydrogen (secondary N) is 1. The summed E-state index contributed by atoms with van der Waals surface area (Å²) in [5.41, 5.74) is 3.76. The standard InChI is InChI=1S/C23H28ClN3O3/c1-17-7-5-8-18(2)22(17)25-21(28)15-26-11-6-12-27(14-13-26)23(29)30-16-19-9-3-4-10-20(19)24/h3-5,7-10H,6,11-16H2,1-2H3,(H,25,28). The van der Waals surface area contributed by atoms with E-state index in [1.165, 1.54) is 0 Å². The number of aryl methyl sites for hydroxylation is 2. The molecule has 0 aromatic heterocycles. The van der Waals surface area contributed by atoms with Gasteiger partial charge in [-0.3, -0.25) is 9.69 Å². The number of hydrogen-bond acceptors (Lipinski definition) is 4. The largest absolute Gasteiger partial charge is 0.444 e. The van der Waals surface area contributed by atoms with Gasteiger partial charge in [0.1, 0.15) is 6.61 Å². The maximum Gasteiger partial charge on any atom is 0.410 e. The molecule has 0 aliphatic carbocycles. The van der Waals surface area contributed by atoms with Crippen molar-refractivity contribution in [2.75, 3.05) is 38.0 Å². The number of anilines is 1. The first-order valence-electron chi connectivity index (χ1n) is 10.2. The Morgan fingerprint density at radius 3 is 2.47 bits per heavy atom. The lowest BCUT2D eigenvalue weighted by molar-refractivity contribution is -0.117. The molecule has 0 radical (unpaired) electrons. The van der Waals surface area contributed by atoms with Crippen LogP contribution in [0.15, 0.2) is 42.5 Å². The molecule has 0 saturated carbocycles. The van der Waals surface area contributed by atoms with Crippen LogP contribution < -0.4 is 5.32 Å². The molecule has 1 N–H and O–H groups in total. The highest BCUT2D eigenvalue weighted by atomic mass is 35.5. The zero-order valence-corrected chi connectivity index (χ0v) is 18.2. The average Bonchev–Trinajstić information content (AvgIpc) is 2.96. The maximum absolute atomic E-state index is 12.5. The number of carbonyl (C=O) groups is 2. The van der Waals surface area contributed by atoms with Gasteiger partial charge in [0.05, 0.1) is 6.54 Å². The van der Waals surface area contributed by atoms with Gasteiger partial charge in [-0.2, -0.15) is 0 Å². The van der Waals surface area contributed by atoms with Crippen molar-refractivity contribution in [3.05, 3.63) is 64.2 Å². The smallest absolute Gasteiger partial charge is 0.410 e. The molecule has 0 atom stereocenters. The third-order valence-corrected chi connectivity index (χ3v) is 5.64. The molecule has 2 amide bonds. The fourth-order valence-corrected chi connectivity index (χ4v) is 3.74. The van der Waals surface area contributed by atoms with E-state index in [1.807, 2.05) is 50.2 Å². The monoisotopic (exact) mass is 429 g/mol. The quantitative estimate of drug-likeness (QED) is 0.772. The topological polar surface area (TPSA) is 61.9 Å². The first-order valence-corrected chi connectivity index (χ1v) is 10.6. The van der Waals surface area contributed by atoms with Crippen LogP contribution in [-0.4, -0.2) is 54.5 Å². The van der Waals surface area contributed by atoms with Gasteiger partial charge in [0.25, 0.3) is 0 Å². The summed E-state index contributed by atoms with van der Waals surface area (Å²) >= 11 is 6.12. The highest BCUT2D eigenvalue weighted by Crippen LogP contribution is 2.19. The molecule has 0 bridgehead atoms. The van der Waals surface area contributed by atoms with E-state index in [1.54, 1.807) is 11.0 Å². The Bertz CT molecular complexity index is 883. The van der Waals surface area contributed by atoms with Gasteiger partial charge >= 0.3 is 6.09 Å². The summed E-state index contributed by atoms with van der Waals surface area (Å²) in [6.45, 7) is 6.94. The van der Waals surface area contributed by atoms with Crippen molar-refractivity contribution >= 4 is 29.3 Å². The van der Waals surface area contributed by atoms with Crippen LogP contribution in [0.4, 0.5) is 10.5 Å². The number of halogens is 1. The van der Waals surface area contributed by atoms with Crippen molar-refractivity contribution in [3.8, 4) is 0 Å². The molecule has 160 valence electrons. The van der Waals surface area contributed by atoms with Gasteiger partial charge in [0.15, 0.2) is 0 Å². The fraction of sp³-hybridized carbons (Fsp3) is 0.391. The third kappa shape index (κ3) is 5.97. The summed E-state index contributed by atoms with van der Waals surface area (Å²) < 4.78 is 5.43. The molecular formula is C23H28ClN3O3. The van der Waals surface area contributed by atoms with E-state index in [0.29, 0.717) is 31.2 Å². The highest BCUT2D eigenvalue weighted by Gasteiger charge is 2.22. The second-order valence-corrected chi connectivity index (χ2v) is 7.98. The molecular weight excluding hydrogens is 402 g/mol. The van der Waals surface area contributed by atoms with E-state index in [4.69, 9.17) is 16.3 Å². The summed E-state index contributed by atoms with van der Waals surface area (Å²) in [5, 5.41) is 3.61. The van der Waals surface area contributed by atoms with Crippen molar-refractivity contribution < 1.29 is 14.3 Å². The maximum atomic E-state index is 12.5. The van der Waals surface area contributed by atoms with Gasteiger partial charge in [-0.1, -0.05) is 48.0 Å². The minimum absolute atomic E-state index is 0.0397. The summed E-state index contributed by atoms with van der Waals surface area (Å²) in [6.07, 6.45) is 0.439. The Hall–Kier alpha value is -2.57. The van der Waals surface area contributed by atoms with Gasteiger partial charge in [-0.15, -0.1) is 0 Å². The van der Waals surface area contributed by atoms with Crippen molar-refractivity contribution in [1.82, 2.24) is 9.80 Å². The van der Waals surface area contributed by atoms with Gasteiger partial charge in [0, 0.05) is 42.5 Å². The zero-order valence-electron chi connectivity index (χ0n) is 17.5. The van der Waals surface area contributed by atoms with Crippen LogP contribution in [-0.2, 0) is 16.1 Å². The molecule has 30 heavy (non-hydrogen) atoms. The Morgan fingerprint density at radius 1 is 1.00 bits per heavy atom. The number of hydrogen-bond donors (Lipinski definition) is 1. The summed E-state index contributed by atoms with van der Waals surface area (Å²) in [6, 6.07) is 13.3. The molecule has 1 aliphatic rings. The van der Waals surface area contributed by atoms with Crippen molar-refractivity contribution in [2.45, 2.75) is 26.9 Å². The minimum atomic E-state index is -0.350. The fourth-order valence-electron chi connectivity index (χ4n) is 3.55. The van der Waals surface area contributed by atoms with Crippen LogP contribution in [0.1, 0.15) is 23.1 Å². The molecule has 1 fully saturated rings. The Kier molecular flexibility index (Phi) is 7.71. The molecule has 1 saturated heterocycles. The molecule has 0 unspecified atom stereocenters. The van der Waals surface area contributed by atoms with Crippen LogP contribution in [0.2, 0.25) is 5.02 Å². The second-order valence-electron chi connectivity index (χ2n) is 7.58. The third-order valence-electron chi connectivity index (χ3n) is 5.27. The van der Waals surface area contributed by atoms with Crippen LogP contribution in [0.3, 0.4) is 0 Å². The molecule has 1 aliphatic heterocycles. The molecule has 2 aromatic rings. The van der Waals surface area contributed by atoms with Gasteiger partial charge in [-0.25, -0.2) is 4.79 Å². The molecule has 3 rings (SSSR count). The highest BCUT2D eigenvalue weighted by molar-refractivity contribution is 6.31. The summed E-state index contributed by atoms with van der Waals surface area (Å²) in [4.78, 5) is 28.7. The lowest BCUT2D eigenvalue weighted by atomic mass is 10.1. The van der Waals surface area contributed by atoms with Crippen LogP contribution in [0.5, 0.6) is 0 Å². The Morgan fingerprint density at radius 2 is 1.73 bits per heavy atom. The van der Waals surface area contributed by atoms with E-state index in [-0.39, 0.29) is 18.6 Å². The van der Waals surface area contributed by atoms with Crippen molar-refractivity contribution in [2.24, 2.45) is 0 Å². The molecule has 1 heterocycles. The molecule has 6 nitrogen and oxygen atoms in total. The lowest BCUT2D eigenvalue weighted by Crippen LogP contribution is -2.38. The average molecular weight is 430 g/mol. The number of carbonyl (C=O) groups excluding carboxylic acids is 2. The first-order chi connectivity index (χ1) is 14.4. The number of benzene rings is 2. The summed E-state index contributed by atoms with van der Waals surface area (Å²) in [7, 11) is 0. The lowest BCUT2D eigenvalue weighted by Gasteiger charge is -2.22. The Labute approximate surface area is 182 Å². The van der Waals surface area contributed by atoms with E-state index in [0.717, 1.165) is 35.3 Å². The van der Waals surface area contributed by atoms with Crippen LogP contribution >= 0.6 is 11.6 Å². The second kappa shape index (κ2) is 10.5. The van der Waals surface area contributed by atoms with Crippen molar-refractivity contribution in [3.63, 3.8) is 0 Å². The van der Waals surface area contributed by atoms with Crippen molar-refractivity contribution in [1.29, 1.82) is 0 Å². The van der Waals surface area contributed by atoms with E-state index in [2.05, 4.69) is 10.2 Å². The van der Waals surface area contributed by atoms with Gasteiger partial charge in [0.2, 0.25) is 5.91 Å². The van der Waals surface area contributed by atoms with E-state index >= 15 is 0 Å². The number of ether oxygens (including phenoxy) is 1. The number of nitrogens with zero attached hydrogens (tertiary/aromatic N) is 2. The van der Waals surface area contributed by atoms with Crippen LogP contribution in [0.25, 0.3) is 0 Å². The van der Waals surface area contributed by atoms with E-state index < -0.39 is 0 Å². The minimum Gasteiger partial charge on any atom is -0.444 e.